The van der Waals surface area contributed by atoms with Gasteiger partial charge in [0.05, 0.1) is 4.90 Å². The van der Waals surface area contributed by atoms with Gasteiger partial charge in [-0.3, -0.25) is 0 Å². The van der Waals surface area contributed by atoms with E-state index in [9.17, 15) is 8.42 Å². The van der Waals surface area contributed by atoms with Gasteiger partial charge in [-0.05, 0) is 49.5 Å². The van der Waals surface area contributed by atoms with Gasteiger partial charge >= 0.3 is 0 Å². The van der Waals surface area contributed by atoms with E-state index in [1.54, 1.807) is 12.1 Å². The van der Waals surface area contributed by atoms with Gasteiger partial charge < -0.3 is 11.1 Å². The standard InChI is InChI=1S/C13H20N2O2S/c1-18(16,17)12-6-4-10(5-7-12)13(14)11-3-2-8-15-9-11/h4-7,11,13,15H,2-3,8-9,14H2,1H3. The topological polar surface area (TPSA) is 72.2 Å². The van der Waals surface area contributed by atoms with Crippen LogP contribution in [0.2, 0.25) is 0 Å². The second-order valence-electron chi connectivity index (χ2n) is 4.97. The molecule has 5 heteroatoms. The Morgan fingerprint density at radius 2 is 2.00 bits per heavy atom. The van der Waals surface area contributed by atoms with Crippen LogP contribution in [0, 0.1) is 5.92 Å². The Labute approximate surface area is 108 Å². The summed E-state index contributed by atoms with van der Waals surface area (Å²) in [6.45, 7) is 2.01. The van der Waals surface area contributed by atoms with Crippen molar-refractivity contribution < 1.29 is 8.42 Å². The molecule has 1 aromatic carbocycles. The first kappa shape index (κ1) is 13.5. The third-order valence-electron chi connectivity index (χ3n) is 3.54. The quantitative estimate of drug-likeness (QED) is 0.861. The first-order valence-electron chi connectivity index (χ1n) is 6.25. The van der Waals surface area contributed by atoms with E-state index >= 15 is 0 Å². The Morgan fingerprint density at radius 1 is 1.33 bits per heavy atom. The van der Waals surface area contributed by atoms with Crippen molar-refractivity contribution in [1.82, 2.24) is 5.32 Å². The molecule has 0 radical (unpaired) electrons. The Morgan fingerprint density at radius 3 is 2.50 bits per heavy atom. The molecule has 4 nitrogen and oxygen atoms in total. The van der Waals surface area contributed by atoms with Crippen molar-refractivity contribution in [1.29, 1.82) is 0 Å². The van der Waals surface area contributed by atoms with Crippen LogP contribution in [0.15, 0.2) is 29.2 Å². The van der Waals surface area contributed by atoms with Gasteiger partial charge in [-0.2, -0.15) is 0 Å². The number of rotatable bonds is 3. The Bertz CT molecular complexity index is 490. The average Bonchev–Trinajstić information content (AvgIpc) is 2.38. The van der Waals surface area contributed by atoms with Gasteiger partial charge in [0.15, 0.2) is 9.84 Å². The fourth-order valence-corrected chi connectivity index (χ4v) is 3.03. The van der Waals surface area contributed by atoms with Crippen LogP contribution in [0.5, 0.6) is 0 Å². The van der Waals surface area contributed by atoms with Crippen LogP contribution in [-0.2, 0) is 9.84 Å². The first-order chi connectivity index (χ1) is 8.48. The fourth-order valence-electron chi connectivity index (χ4n) is 2.39. The molecule has 2 rings (SSSR count). The van der Waals surface area contributed by atoms with Crippen LogP contribution < -0.4 is 11.1 Å². The smallest absolute Gasteiger partial charge is 0.175 e. The highest BCUT2D eigenvalue weighted by atomic mass is 32.2. The summed E-state index contributed by atoms with van der Waals surface area (Å²) in [4.78, 5) is 0.347. The van der Waals surface area contributed by atoms with E-state index in [2.05, 4.69) is 5.32 Å². The van der Waals surface area contributed by atoms with Crippen molar-refractivity contribution in [2.24, 2.45) is 11.7 Å². The second kappa shape index (κ2) is 5.38. The normalized spacial score (nSPS) is 22.7. The molecule has 18 heavy (non-hydrogen) atoms. The molecule has 2 atom stereocenters. The summed E-state index contributed by atoms with van der Waals surface area (Å²) in [5.41, 5.74) is 7.25. The summed E-state index contributed by atoms with van der Waals surface area (Å²) >= 11 is 0. The molecular weight excluding hydrogens is 248 g/mol. The number of nitrogens with two attached hydrogens (primary N) is 1. The number of hydrogen-bond acceptors (Lipinski definition) is 4. The number of sulfone groups is 1. The van der Waals surface area contributed by atoms with Gasteiger partial charge in [-0.1, -0.05) is 12.1 Å². The molecule has 0 aromatic heterocycles. The Balaban J connectivity index is 2.13. The summed E-state index contributed by atoms with van der Waals surface area (Å²) in [5, 5.41) is 3.35. The Kier molecular flexibility index (Phi) is 4.04. The molecule has 2 unspecified atom stereocenters. The summed E-state index contributed by atoms with van der Waals surface area (Å²) in [6.07, 6.45) is 3.49. The molecule has 0 spiro atoms. The Hall–Kier alpha value is -0.910. The molecule has 1 fully saturated rings. The SMILES string of the molecule is CS(=O)(=O)c1ccc(C(N)C2CCCNC2)cc1. The summed E-state index contributed by atoms with van der Waals surface area (Å²) < 4.78 is 22.7. The minimum atomic E-state index is -3.12. The predicted octanol–water partition coefficient (Wildman–Crippen LogP) is 1.09. The minimum absolute atomic E-state index is 0.0218. The third-order valence-corrected chi connectivity index (χ3v) is 4.66. The van der Waals surface area contributed by atoms with Crippen LogP contribution in [0.3, 0.4) is 0 Å². The zero-order valence-electron chi connectivity index (χ0n) is 10.6. The van der Waals surface area contributed by atoms with Gasteiger partial charge in [0, 0.05) is 12.3 Å². The highest BCUT2D eigenvalue weighted by molar-refractivity contribution is 7.90. The molecule has 1 heterocycles. The maximum absolute atomic E-state index is 11.4. The van der Waals surface area contributed by atoms with E-state index < -0.39 is 9.84 Å². The molecule has 1 aromatic rings. The molecular formula is C13H20N2O2S. The van der Waals surface area contributed by atoms with Gasteiger partial charge in [0.25, 0.3) is 0 Å². The van der Waals surface area contributed by atoms with E-state index in [0.717, 1.165) is 31.5 Å². The molecule has 0 aliphatic carbocycles. The van der Waals surface area contributed by atoms with Crippen molar-refractivity contribution in [3.05, 3.63) is 29.8 Å². The molecule has 1 aliphatic heterocycles. The lowest BCUT2D eigenvalue weighted by atomic mass is 9.88. The monoisotopic (exact) mass is 268 g/mol. The van der Waals surface area contributed by atoms with E-state index in [-0.39, 0.29) is 6.04 Å². The van der Waals surface area contributed by atoms with Crippen LogP contribution >= 0.6 is 0 Å². The minimum Gasteiger partial charge on any atom is -0.324 e. The van der Waals surface area contributed by atoms with Crippen molar-refractivity contribution in [2.75, 3.05) is 19.3 Å². The van der Waals surface area contributed by atoms with Crippen molar-refractivity contribution >= 4 is 9.84 Å². The highest BCUT2D eigenvalue weighted by Crippen LogP contribution is 2.25. The lowest BCUT2D eigenvalue weighted by molar-refractivity contribution is 0.326. The third kappa shape index (κ3) is 3.10. The van der Waals surface area contributed by atoms with E-state index in [1.807, 2.05) is 12.1 Å². The van der Waals surface area contributed by atoms with Gasteiger partial charge in [-0.15, -0.1) is 0 Å². The lowest BCUT2D eigenvalue weighted by Gasteiger charge is -2.28. The predicted molar refractivity (Wildman–Crippen MR) is 72.1 cm³/mol. The van der Waals surface area contributed by atoms with E-state index in [0.29, 0.717) is 10.8 Å². The van der Waals surface area contributed by atoms with E-state index in [4.69, 9.17) is 5.73 Å². The number of piperidine rings is 1. The highest BCUT2D eigenvalue weighted by Gasteiger charge is 2.21. The lowest BCUT2D eigenvalue weighted by Crippen LogP contribution is -2.36. The molecule has 0 bridgehead atoms. The van der Waals surface area contributed by atoms with Gasteiger partial charge in [0.1, 0.15) is 0 Å². The molecule has 1 aliphatic rings. The summed E-state index contributed by atoms with van der Waals surface area (Å²) in [5.74, 6) is 0.433. The summed E-state index contributed by atoms with van der Waals surface area (Å²) in [7, 11) is -3.12. The molecule has 0 amide bonds. The maximum atomic E-state index is 11.4. The zero-order valence-corrected chi connectivity index (χ0v) is 11.4. The van der Waals surface area contributed by atoms with E-state index in [1.165, 1.54) is 6.26 Å². The fraction of sp³-hybridized carbons (Fsp3) is 0.538. The maximum Gasteiger partial charge on any atom is 0.175 e. The van der Waals surface area contributed by atoms with Crippen LogP contribution in [0.4, 0.5) is 0 Å². The number of benzene rings is 1. The van der Waals surface area contributed by atoms with Crippen molar-refractivity contribution in [3.8, 4) is 0 Å². The molecule has 1 saturated heterocycles. The molecule has 0 saturated carbocycles. The van der Waals surface area contributed by atoms with Crippen molar-refractivity contribution in [3.63, 3.8) is 0 Å². The van der Waals surface area contributed by atoms with Gasteiger partial charge in [-0.25, -0.2) is 8.42 Å². The summed E-state index contributed by atoms with van der Waals surface area (Å²) in [6, 6.07) is 6.92. The van der Waals surface area contributed by atoms with Crippen LogP contribution in [0.1, 0.15) is 24.4 Å². The average molecular weight is 268 g/mol. The zero-order chi connectivity index (χ0) is 13.2. The molecule has 100 valence electrons. The molecule has 3 N–H and O–H groups in total. The number of hydrogen-bond donors (Lipinski definition) is 2. The van der Waals surface area contributed by atoms with Crippen LogP contribution in [-0.4, -0.2) is 27.8 Å². The van der Waals surface area contributed by atoms with Gasteiger partial charge in [0.2, 0.25) is 0 Å². The van der Waals surface area contributed by atoms with Crippen molar-refractivity contribution in [2.45, 2.75) is 23.8 Å². The first-order valence-corrected chi connectivity index (χ1v) is 8.14. The second-order valence-corrected chi connectivity index (χ2v) is 6.99. The largest absolute Gasteiger partial charge is 0.324 e. The number of nitrogens with one attached hydrogen (secondary N) is 1. The van der Waals surface area contributed by atoms with Crippen LogP contribution in [0.25, 0.3) is 0 Å².